The van der Waals surface area contributed by atoms with E-state index in [4.69, 9.17) is 0 Å². The second-order valence-electron chi connectivity index (χ2n) is 7.61. The van der Waals surface area contributed by atoms with E-state index in [1.165, 1.54) is 6.07 Å². The molecule has 0 saturated carbocycles. The largest absolute Gasteiger partial charge is 0.335 e. The normalized spacial score (nSPS) is 15.6. The van der Waals surface area contributed by atoms with Crippen LogP contribution in [-0.4, -0.2) is 63.9 Å². The zero-order chi connectivity index (χ0) is 22.1. The number of benzene rings is 2. The number of fused-ring (bicyclic) bond motifs is 1. The Bertz CT molecular complexity index is 1190. The molecule has 0 atom stereocenters. The average Bonchev–Trinajstić information content (AvgIpc) is 3.38. The van der Waals surface area contributed by atoms with Crippen molar-refractivity contribution in [3.05, 3.63) is 76.6 Å². The van der Waals surface area contributed by atoms with Crippen molar-refractivity contribution in [3.63, 3.8) is 0 Å². The number of para-hydroxylation sites is 1. The zero-order valence-corrected chi connectivity index (χ0v) is 18.0. The molecule has 2 amide bonds. The lowest BCUT2D eigenvalue weighted by Crippen LogP contribution is -2.50. The van der Waals surface area contributed by atoms with Gasteiger partial charge >= 0.3 is 0 Å². The Hall–Kier alpha value is -3.59. The highest BCUT2D eigenvalue weighted by Gasteiger charge is 2.27. The molecule has 1 saturated heterocycles. The summed E-state index contributed by atoms with van der Waals surface area (Å²) in [7, 11) is 0. The third-order valence-corrected chi connectivity index (χ3v) is 6.24. The summed E-state index contributed by atoms with van der Waals surface area (Å²) in [4.78, 5) is 30.6. The van der Waals surface area contributed by atoms with Gasteiger partial charge in [0.25, 0.3) is 11.8 Å². The topological polar surface area (TPSA) is 69.6 Å². The maximum absolute atomic E-state index is 15.1. The van der Waals surface area contributed by atoms with Crippen molar-refractivity contribution in [1.82, 2.24) is 19.4 Å². The van der Waals surface area contributed by atoms with Crippen LogP contribution in [0.3, 0.4) is 0 Å². The molecule has 2 aliphatic rings. The van der Waals surface area contributed by atoms with E-state index >= 15 is 4.39 Å². The smallest absolute Gasteiger partial charge is 0.275 e. The van der Waals surface area contributed by atoms with Crippen LogP contribution in [0, 0.1) is 5.82 Å². The van der Waals surface area contributed by atoms with E-state index in [9.17, 15) is 9.59 Å². The minimum Gasteiger partial charge on any atom is -0.335 e. The average molecular weight is 450 g/mol. The summed E-state index contributed by atoms with van der Waals surface area (Å²) in [6.45, 7) is 2.14. The lowest BCUT2D eigenvalue weighted by Gasteiger charge is -2.34. The monoisotopic (exact) mass is 449 g/mol. The van der Waals surface area contributed by atoms with Crippen molar-refractivity contribution < 1.29 is 14.0 Å². The van der Waals surface area contributed by atoms with Crippen LogP contribution >= 0.6 is 11.5 Å². The van der Waals surface area contributed by atoms with E-state index in [1.54, 1.807) is 27.3 Å². The highest BCUT2D eigenvalue weighted by atomic mass is 32.1. The molecule has 32 heavy (non-hydrogen) atoms. The maximum Gasteiger partial charge on any atom is 0.275 e. The van der Waals surface area contributed by atoms with Gasteiger partial charge in [-0.2, -0.15) is 0 Å². The number of rotatable bonds is 3. The molecule has 0 aliphatic carbocycles. The highest BCUT2D eigenvalue weighted by molar-refractivity contribution is 7.03. The maximum atomic E-state index is 15.1. The number of amides is 2. The molecule has 2 aliphatic heterocycles. The number of anilines is 2. The summed E-state index contributed by atoms with van der Waals surface area (Å²) in [5.74, 6) is -0.861. The SMILES string of the molecule is O=C(c1ccc(N2CC=Cc3ccccc32)c(F)c1)N1CCN(C(=O)c2csnn2)CC1. The van der Waals surface area contributed by atoms with E-state index in [0.717, 1.165) is 22.8 Å². The summed E-state index contributed by atoms with van der Waals surface area (Å²) < 4.78 is 18.8. The minimum absolute atomic E-state index is 0.183. The summed E-state index contributed by atoms with van der Waals surface area (Å²) in [6.07, 6.45) is 4.01. The summed E-state index contributed by atoms with van der Waals surface area (Å²) >= 11 is 1.13. The number of hydrogen-bond acceptors (Lipinski definition) is 6. The standard InChI is InChI=1S/C23H20FN5O2S/c24-18-14-17(7-8-21(18)29-9-3-5-16-4-1-2-6-20(16)29)22(30)27-10-12-28(13-11-27)23(31)19-15-32-26-25-19/h1-8,14-15H,9-13H2. The van der Waals surface area contributed by atoms with Crippen LogP contribution in [-0.2, 0) is 0 Å². The van der Waals surface area contributed by atoms with Gasteiger partial charge in [-0.3, -0.25) is 9.59 Å². The number of carbonyl (C=O) groups excluding carboxylic acids is 2. The van der Waals surface area contributed by atoms with Crippen molar-refractivity contribution in [1.29, 1.82) is 0 Å². The molecule has 5 rings (SSSR count). The highest BCUT2D eigenvalue weighted by Crippen LogP contribution is 2.34. The molecule has 3 heterocycles. The van der Waals surface area contributed by atoms with Crippen LogP contribution in [0.4, 0.5) is 15.8 Å². The van der Waals surface area contributed by atoms with Crippen LogP contribution in [0.15, 0.2) is 53.9 Å². The molecule has 0 spiro atoms. The van der Waals surface area contributed by atoms with Gasteiger partial charge in [-0.25, -0.2) is 4.39 Å². The Morgan fingerprint density at radius 1 is 0.938 bits per heavy atom. The third kappa shape index (κ3) is 3.75. The lowest BCUT2D eigenvalue weighted by molar-refractivity contribution is 0.0532. The Morgan fingerprint density at radius 2 is 1.69 bits per heavy atom. The van der Waals surface area contributed by atoms with Crippen molar-refractivity contribution in [2.75, 3.05) is 37.6 Å². The van der Waals surface area contributed by atoms with E-state index in [1.807, 2.05) is 41.3 Å². The first kappa shape index (κ1) is 20.3. The number of nitrogens with zero attached hydrogens (tertiary/aromatic N) is 5. The first-order valence-corrected chi connectivity index (χ1v) is 11.1. The molecule has 0 bridgehead atoms. The molecule has 1 fully saturated rings. The van der Waals surface area contributed by atoms with Gasteiger partial charge in [0.2, 0.25) is 0 Å². The molecule has 0 radical (unpaired) electrons. The van der Waals surface area contributed by atoms with E-state index in [2.05, 4.69) is 9.59 Å². The molecule has 7 nitrogen and oxygen atoms in total. The van der Waals surface area contributed by atoms with Gasteiger partial charge in [-0.05, 0) is 41.4 Å². The first-order valence-electron chi connectivity index (χ1n) is 10.3. The lowest BCUT2D eigenvalue weighted by atomic mass is 10.1. The van der Waals surface area contributed by atoms with Gasteiger partial charge < -0.3 is 14.7 Å². The molecule has 0 unspecified atom stereocenters. The number of aromatic nitrogens is 2. The van der Waals surface area contributed by atoms with Gasteiger partial charge in [-0.15, -0.1) is 5.10 Å². The van der Waals surface area contributed by atoms with Crippen LogP contribution in [0.1, 0.15) is 26.4 Å². The second-order valence-corrected chi connectivity index (χ2v) is 8.22. The second kappa shape index (κ2) is 8.51. The van der Waals surface area contributed by atoms with E-state index in [-0.39, 0.29) is 11.8 Å². The molecule has 9 heteroatoms. The Kier molecular flexibility index (Phi) is 5.40. The fourth-order valence-electron chi connectivity index (χ4n) is 4.06. The summed E-state index contributed by atoms with van der Waals surface area (Å²) in [5.41, 5.74) is 3.02. The van der Waals surface area contributed by atoms with Crippen LogP contribution in [0.5, 0.6) is 0 Å². The molecule has 3 aromatic rings. The van der Waals surface area contributed by atoms with Gasteiger partial charge in [0.1, 0.15) is 5.82 Å². The van der Waals surface area contributed by atoms with Crippen LogP contribution in [0.25, 0.3) is 6.08 Å². The molecule has 162 valence electrons. The number of piperazine rings is 1. The summed E-state index contributed by atoms with van der Waals surface area (Å²) in [6, 6.07) is 12.5. The van der Waals surface area contributed by atoms with E-state index in [0.29, 0.717) is 49.7 Å². The molecule has 2 aromatic carbocycles. The van der Waals surface area contributed by atoms with Crippen molar-refractivity contribution in [2.24, 2.45) is 0 Å². The Morgan fingerprint density at radius 3 is 2.41 bits per heavy atom. The number of halogens is 1. The molecule has 1 aromatic heterocycles. The molecule has 0 N–H and O–H groups in total. The van der Waals surface area contributed by atoms with Gasteiger partial charge in [0, 0.05) is 49.4 Å². The Labute approximate surface area is 188 Å². The number of hydrogen-bond donors (Lipinski definition) is 0. The Balaban J connectivity index is 1.28. The number of carbonyl (C=O) groups is 2. The predicted molar refractivity (Wildman–Crippen MR) is 121 cm³/mol. The molecular weight excluding hydrogens is 429 g/mol. The fourth-order valence-corrected chi connectivity index (χ4v) is 4.49. The first-order chi connectivity index (χ1) is 15.6. The quantitative estimate of drug-likeness (QED) is 0.613. The van der Waals surface area contributed by atoms with Crippen LogP contribution < -0.4 is 4.90 Å². The predicted octanol–water partition coefficient (Wildman–Crippen LogP) is 3.44. The van der Waals surface area contributed by atoms with Gasteiger partial charge in [0.15, 0.2) is 5.69 Å². The van der Waals surface area contributed by atoms with Gasteiger partial charge in [-0.1, -0.05) is 34.8 Å². The van der Waals surface area contributed by atoms with Gasteiger partial charge in [0.05, 0.1) is 5.69 Å². The summed E-state index contributed by atoms with van der Waals surface area (Å²) in [5, 5.41) is 5.42. The third-order valence-electron chi connectivity index (χ3n) is 5.73. The van der Waals surface area contributed by atoms with Crippen molar-refractivity contribution >= 4 is 40.8 Å². The molecular formula is C23H20FN5O2S. The fraction of sp³-hybridized carbons (Fsp3) is 0.217. The van der Waals surface area contributed by atoms with E-state index < -0.39 is 5.82 Å². The van der Waals surface area contributed by atoms with Crippen LogP contribution in [0.2, 0.25) is 0 Å². The van der Waals surface area contributed by atoms with Crippen molar-refractivity contribution in [2.45, 2.75) is 0 Å². The van der Waals surface area contributed by atoms with Crippen molar-refractivity contribution in [3.8, 4) is 0 Å². The minimum atomic E-state index is -0.439. The zero-order valence-electron chi connectivity index (χ0n) is 17.1.